The number of piperazine rings is 1. The lowest BCUT2D eigenvalue weighted by atomic mass is 10.1. The van der Waals surface area contributed by atoms with Crippen LogP contribution in [-0.2, 0) is 16.0 Å². The van der Waals surface area contributed by atoms with E-state index in [0.29, 0.717) is 18.8 Å². The number of rotatable bonds is 3. The summed E-state index contributed by atoms with van der Waals surface area (Å²) in [5.41, 5.74) is 3.00. The van der Waals surface area contributed by atoms with Crippen molar-refractivity contribution in [3.05, 3.63) is 60.2 Å². The minimum Gasteiger partial charge on any atom is -0.368 e. The van der Waals surface area contributed by atoms with Gasteiger partial charge in [0.15, 0.2) is 0 Å². The van der Waals surface area contributed by atoms with Crippen LogP contribution in [0.2, 0.25) is 0 Å². The highest BCUT2D eigenvalue weighted by Crippen LogP contribution is 2.16. The Morgan fingerprint density at radius 1 is 0.920 bits per heavy atom. The zero-order valence-electron chi connectivity index (χ0n) is 14.4. The van der Waals surface area contributed by atoms with Gasteiger partial charge >= 0.3 is 11.8 Å². The summed E-state index contributed by atoms with van der Waals surface area (Å²) in [5.74, 6) is -1.04. The van der Waals surface area contributed by atoms with E-state index in [2.05, 4.69) is 29.3 Å². The Bertz CT molecular complexity index is 720. The number of aryl methyl sites for hydroxylation is 1. The molecule has 5 nitrogen and oxygen atoms in total. The number of amides is 2. The van der Waals surface area contributed by atoms with E-state index in [0.717, 1.165) is 25.2 Å². The number of anilines is 2. The van der Waals surface area contributed by atoms with Crippen molar-refractivity contribution in [1.29, 1.82) is 0 Å². The molecule has 3 rings (SSSR count). The van der Waals surface area contributed by atoms with Gasteiger partial charge in [0.05, 0.1) is 0 Å². The van der Waals surface area contributed by atoms with Crippen LogP contribution in [0.3, 0.4) is 0 Å². The van der Waals surface area contributed by atoms with Gasteiger partial charge < -0.3 is 15.1 Å². The van der Waals surface area contributed by atoms with E-state index in [9.17, 15) is 9.59 Å². The smallest absolute Gasteiger partial charge is 0.313 e. The van der Waals surface area contributed by atoms with Crippen molar-refractivity contribution in [2.75, 3.05) is 36.4 Å². The van der Waals surface area contributed by atoms with Crippen LogP contribution in [0.1, 0.15) is 12.5 Å². The molecule has 1 fully saturated rings. The predicted octanol–water partition coefficient (Wildman–Crippen LogP) is 2.54. The third-order valence-corrected chi connectivity index (χ3v) is 4.50. The van der Waals surface area contributed by atoms with E-state index < -0.39 is 11.8 Å². The fraction of sp³-hybridized carbons (Fsp3) is 0.300. The van der Waals surface area contributed by atoms with Crippen molar-refractivity contribution in [3.8, 4) is 0 Å². The molecule has 0 saturated carbocycles. The summed E-state index contributed by atoms with van der Waals surface area (Å²) in [4.78, 5) is 28.4. The second-order valence-corrected chi connectivity index (χ2v) is 6.12. The number of hydrogen-bond acceptors (Lipinski definition) is 3. The molecule has 2 amide bonds. The molecule has 0 aliphatic carbocycles. The monoisotopic (exact) mass is 337 g/mol. The normalized spacial score (nSPS) is 14.3. The van der Waals surface area contributed by atoms with E-state index in [1.807, 2.05) is 42.5 Å². The molecule has 25 heavy (non-hydrogen) atoms. The van der Waals surface area contributed by atoms with Gasteiger partial charge in [0.1, 0.15) is 0 Å². The Balaban J connectivity index is 1.53. The molecule has 1 aliphatic rings. The van der Waals surface area contributed by atoms with Gasteiger partial charge in [0.25, 0.3) is 0 Å². The molecule has 0 atom stereocenters. The second-order valence-electron chi connectivity index (χ2n) is 6.12. The summed E-state index contributed by atoms with van der Waals surface area (Å²) in [6.07, 6.45) is 0.943. The lowest BCUT2D eigenvalue weighted by molar-refractivity contribution is -0.143. The molecule has 0 unspecified atom stereocenters. The fourth-order valence-electron chi connectivity index (χ4n) is 2.96. The van der Waals surface area contributed by atoms with E-state index in [-0.39, 0.29) is 0 Å². The van der Waals surface area contributed by atoms with Gasteiger partial charge in [-0.05, 0) is 36.2 Å². The minimum absolute atomic E-state index is 0.465. The van der Waals surface area contributed by atoms with Crippen molar-refractivity contribution in [3.63, 3.8) is 0 Å². The fourth-order valence-corrected chi connectivity index (χ4v) is 2.96. The highest BCUT2D eigenvalue weighted by atomic mass is 16.2. The quantitative estimate of drug-likeness (QED) is 0.876. The number of carbonyl (C=O) groups is 2. The Hall–Kier alpha value is -2.82. The van der Waals surface area contributed by atoms with Gasteiger partial charge in [-0.1, -0.05) is 37.3 Å². The zero-order chi connectivity index (χ0) is 17.6. The number of para-hydroxylation sites is 1. The molecule has 0 bridgehead atoms. The third-order valence-electron chi connectivity index (χ3n) is 4.50. The first-order chi connectivity index (χ1) is 12.2. The van der Waals surface area contributed by atoms with Crippen LogP contribution >= 0.6 is 0 Å². The minimum atomic E-state index is -0.572. The number of carbonyl (C=O) groups excluding carboxylic acids is 2. The van der Waals surface area contributed by atoms with E-state index in [4.69, 9.17) is 0 Å². The highest BCUT2D eigenvalue weighted by molar-refractivity contribution is 6.39. The summed E-state index contributed by atoms with van der Waals surface area (Å²) >= 11 is 0. The first-order valence-corrected chi connectivity index (χ1v) is 8.66. The Kier molecular flexibility index (Phi) is 5.33. The van der Waals surface area contributed by atoms with Crippen LogP contribution < -0.4 is 10.2 Å². The van der Waals surface area contributed by atoms with Crippen LogP contribution in [0.5, 0.6) is 0 Å². The van der Waals surface area contributed by atoms with Crippen molar-refractivity contribution in [1.82, 2.24) is 4.90 Å². The van der Waals surface area contributed by atoms with Crippen LogP contribution in [0.25, 0.3) is 0 Å². The van der Waals surface area contributed by atoms with Gasteiger partial charge in [-0.2, -0.15) is 0 Å². The summed E-state index contributed by atoms with van der Waals surface area (Å²) in [7, 11) is 0. The molecule has 130 valence electrons. The summed E-state index contributed by atoms with van der Waals surface area (Å²) < 4.78 is 0. The maximum Gasteiger partial charge on any atom is 0.313 e. The first kappa shape index (κ1) is 17.0. The molecular weight excluding hydrogens is 314 g/mol. The van der Waals surface area contributed by atoms with Crippen molar-refractivity contribution in [2.45, 2.75) is 13.3 Å². The molecule has 2 aromatic rings. The van der Waals surface area contributed by atoms with E-state index in [1.54, 1.807) is 4.90 Å². The Labute approximate surface area is 148 Å². The second kappa shape index (κ2) is 7.83. The number of benzene rings is 2. The molecule has 1 N–H and O–H groups in total. The Morgan fingerprint density at radius 3 is 2.16 bits per heavy atom. The molecule has 0 aromatic heterocycles. The predicted molar refractivity (Wildman–Crippen MR) is 99.7 cm³/mol. The molecule has 1 saturated heterocycles. The lowest BCUT2D eigenvalue weighted by Crippen LogP contribution is -2.51. The van der Waals surface area contributed by atoms with Gasteiger partial charge in [0, 0.05) is 37.6 Å². The van der Waals surface area contributed by atoms with Crippen LogP contribution in [-0.4, -0.2) is 42.9 Å². The molecule has 5 heteroatoms. The SMILES string of the molecule is CCc1ccc(NC(=O)C(=O)N2CCN(c3ccccc3)CC2)cc1. The lowest BCUT2D eigenvalue weighted by Gasteiger charge is -2.35. The standard InChI is InChI=1S/C20H23N3O2/c1-2-16-8-10-17(11-9-16)21-19(24)20(25)23-14-12-22(13-15-23)18-6-4-3-5-7-18/h3-11H,2,12-15H2,1H3,(H,21,24). The summed E-state index contributed by atoms with van der Waals surface area (Å²) in [6.45, 7) is 4.64. The van der Waals surface area contributed by atoms with Crippen molar-refractivity contribution in [2.24, 2.45) is 0 Å². The largest absolute Gasteiger partial charge is 0.368 e. The van der Waals surface area contributed by atoms with Gasteiger partial charge in [-0.3, -0.25) is 9.59 Å². The third kappa shape index (κ3) is 4.18. The number of nitrogens with zero attached hydrogens (tertiary/aromatic N) is 2. The molecular formula is C20H23N3O2. The summed E-state index contributed by atoms with van der Waals surface area (Å²) in [6, 6.07) is 17.7. The van der Waals surface area contributed by atoms with Gasteiger partial charge in [-0.25, -0.2) is 0 Å². The number of hydrogen-bond donors (Lipinski definition) is 1. The van der Waals surface area contributed by atoms with Crippen LogP contribution in [0, 0.1) is 0 Å². The van der Waals surface area contributed by atoms with Gasteiger partial charge in [0.2, 0.25) is 0 Å². The Morgan fingerprint density at radius 2 is 1.56 bits per heavy atom. The zero-order valence-corrected chi connectivity index (χ0v) is 14.4. The molecule has 0 spiro atoms. The van der Waals surface area contributed by atoms with Gasteiger partial charge in [-0.15, -0.1) is 0 Å². The molecule has 1 heterocycles. The number of nitrogens with one attached hydrogen (secondary N) is 1. The maximum atomic E-state index is 12.4. The highest BCUT2D eigenvalue weighted by Gasteiger charge is 2.26. The first-order valence-electron chi connectivity index (χ1n) is 8.66. The molecule has 0 radical (unpaired) electrons. The van der Waals surface area contributed by atoms with Crippen LogP contribution in [0.15, 0.2) is 54.6 Å². The van der Waals surface area contributed by atoms with E-state index >= 15 is 0 Å². The molecule has 1 aliphatic heterocycles. The molecule has 2 aromatic carbocycles. The average Bonchev–Trinajstić information content (AvgIpc) is 2.69. The summed E-state index contributed by atoms with van der Waals surface area (Å²) in [5, 5.41) is 2.69. The maximum absolute atomic E-state index is 12.4. The van der Waals surface area contributed by atoms with Crippen molar-refractivity contribution >= 4 is 23.2 Å². The van der Waals surface area contributed by atoms with E-state index in [1.165, 1.54) is 5.56 Å². The van der Waals surface area contributed by atoms with Crippen molar-refractivity contribution < 1.29 is 9.59 Å². The van der Waals surface area contributed by atoms with Crippen LogP contribution in [0.4, 0.5) is 11.4 Å². The average molecular weight is 337 g/mol. The topological polar surface area (TPSA) is 52.7 Å².